The number of rotatable bonds is 6. The van der Waals surface area contributed by atoms with E-state index in [1.165, 1.54) is 10.9 Å². The molecule has 3 rings (SSSR count). The Morgan fingerprint density at radius 2 is 1.96 bits per heavy atom. The van der Waals surface area contributed by atoms with Gasteiger partial charge in [-0.05, 0) is 51.2 Å². The molecule has 24 heavy (non-hydrogen) atoms. The molecule has 1 fully saturated rings. The highest BCUT2D eigenvalue weighted by Gasteiger charge is 2.23. The first-order chi connectivity index (χ1) is 11.7. The summed E-state index contributed by atoms with van der Waals surface area (Å²) < 4.78 is 14.0. The van der Waals surface area contributed by atoms with Gasteiger partial charge in [0.05, 0.1) is 6.61 Å². The summed E-state index contributed by atoms with van der Waals surface area (Å²) in [5.41, 5.74) is 0.668. The summed E-state index contributed by atoms with van der Waals surface area (Å²) in [6, 6.07) is 11.5. The van der Waals surface area contributed by atoms with Gasteiger partial charge in [-0.1, -0.05) is 18.2 Å². The number of thiophene rings is 1. The van der Waals surface area contributed by atoms with E-state index in [0.717, 1.165) is 37.4 Å². The maximum atomic E-state index is 14.0. The Kier molecular flexibility index (Phi) is 6.00. The minimum absolute atomic E-state index is 0.173. The molecular weight excluding hydrogens is 323 g/mol. The normalized spacial score (nSPS) is 16.8. The molecule has 2 aromatic rings. The van der Waals surface area contributed by atoms with Gasteiger partial charge in [0.2, 0.25) is 0 Å². The summed E-state index contributed by atoms with van der Waals surface area (Å²) >= 11 is 1.65. The number of likely N-dealkylation sites (tertiary alicyclic amines) is 1. The average molecular weight is 348 g/mol. The van der Waals surface area contributed by atoms with Crippen molar-refractivity contribution in [3.63, 3.8) is 0 Å². The topological polar surface area (TPSA) is 26.7 Å². The Balaban J connectivity index is 1.70. The average Bonchev–Trinajstić information content (AvgIpc) is 3.04. The molecule has 5 heteroatoms. The first-order valence-electron chi connectivity index (χ1n) is 8.54. The predicted octanol–water partition coefficient (Wildman–Crippen LogP) is 3.44. The third kappa shape index (κ3) is 4.22. The van der Waals surface area contributed by atoms with E-state index in [1.807, 2.05) is 18.2 Å². The quantitative estimate of drug-likeness (QED) is 0.866. The molecule has 1 aromatic heterocycles. The van der Waals surface area contributed by atoms with Crippen molar-refractivity contribution in [1.82, 2.24) is 9.80 Å². The Hall–Kier alpha value is -1.27. The van der Waals surface area contributed by atoms with Gasteiger partial charge in [-0.15, -0.1) is 11.3 Å². The number of aliphatic hydroxyl groups excluding tert-OH is 1. The molecule has 1 N–H and O–H groups in total. The van der Waals surface area contributed by atoms with Gasteiger partial charge in [0.15, 0.2) is 0 Å². The Morgan fingerprint density at radius 1 is 1.21 bits per heavy atom. The molecule has 1 saturated heterocycles. The molecule has 0 spiro atoms. The summed E-state index contributed by atoms with van der Waals surface area (Å²) in [6.07, 6.45) is 2.28. The molecule has 0 aliphatic carbocycles. The third-order valence-electron chi connectivity index (χ3n) is 4.75. The van der Waals surface area contributed by atoms with E-state index in [1.54, 1.807) is 17.4 Å². The molecular formula is C19H25FN2OS. The van der Waals surface area contributed by atoms with E-state index in [2.05, 4.69) is 22.9 Å². The molecule has 1 aromatic carbocycles. The fourth-order valence-corrected chi connectivity index (χ4v) is 4.41. The van der Waals surface area contributed by atoms with Crippen LogP contribution < -0.4 is 0 Å². The van der Waals surface area contributed by atoms with Gasteiger partial charge < -0.3 is 10.0 Å². The van der Waals surface area contributed by atoms with Gasteiger partial charge in [0, 0.05) is 34.4 Å². The Morgan fingerprint density at radius 3 is 2.67 bits per heavy atom. The van der Waals surface area contributed by atoms with Crippen LogP contribution in [0.3, 0.4) is 0 Å². The van der Waals surface area contributed by atoms with E-state index in [4.69, 9.17) is 0 Å². The zero-order valence-electron chi connectivity index (χ0n) is 14.1. The predicted molar refractivity (Wildman–Crippen MR) is 97.7 cm³/mol. The van der Waals surface area contributed by atoms with Crippen LogP contribution in [0.2, 0.25) is 0 Å². The van der Waals surface area contributed by atoms with Crippen LogP contribution in [0.15, 0.2) is 36.4 Å². The van der Waals surface area contributed by atoms with Crippen molar-refractivity contribution in [1.29, 1.82) is 0 Å². The zero-order valence-corrected chi connectivity index (χ0v) is 14.9. The smallest absolute Gasteiger partial charge is 0.131 e. The number of nitrogens with zero attached hydrogens (tertiary/aromatic N) is 2. The van der Waals surface area contributed by atoms with Gasteiger partial charge >= 0.3 is 0 Å². The third-order valence-corrected chi connectivity index (χ3v) is 5.85. The number of halogens is 1. The Bertz CT molecular complexity index is 652. The van der Waals surface area contributed by atoms with Crippen LogP contribution in [0.25, 0.3) is 10.4 Å². The van der Waals surface area contributed by atoms with Crippen molar-refractivity contribution in [2.75, 3.05) is 33.3 Å². The minimum atomic E-state index is -0.173. The standard InChI is InChI=1S/C19H25FN2OS/c1-21-10-8-15(9-11-21)22(12-13-23)14-16-6-7-19(24-16)17-4-2-3-5-18(17)20/h2-7,15,23H,8-14H2,1H3. The van der Waals surface area contributed by atoms with Gasteiger partial charge in [0.25, 0.3) is 0 Å². The van der Waals surface area contributed by atoms with Crippen molar-refractivity contribution >= 4 is 11.3 Å². The summed E-state index contributed by atoms with van der Waals surface area (Å²) in [4.78, 5) is 6.93. The lowest BCUT2D eigenvalue weighted by atomic mass is 10.0. The molecule has 3 nitrogen and oxygen atoms in total. The van der Waals surface area contributed by atoms with Gasteiger partial charge in [0.1, 0.15) is 5.82 Å². The van der Waals surface area contributed by atoms with Gasteiger partial charge in [-0.2, -0.15) is 0 Å². The van der Waals surface area contributed by atoms with E-state index >= 15 is 0 Å². The van der Waals surface area contributed by atoms with E-state index in [0.29, 0.717) is 18.2 Å². The Labute approximate surface area is 147 Å². The molecule has 2 heterocycles. The van der Waals surface area contributed by atoms with Crippen molar-refractivity contribution in [2.45, 2.75) is 25.4 Å². The van der Waals surface area contributed by atoms with Crippen LogP contribution in [-0.2, 0) is 6.54 Å². The number of aliphatic hydroxyl groups is 1. The highest BCUT2D eigenvalue weighted by Crippen LogP contribution is 2.31. The summed E-state index contributed by atoms with van der Waals surface area (Å²) in [5, 5.41) is 9.42. The molecule has 130 valence electrons. The molecule has 0 saturated carbocycles. The number of benzene rings is 1. The monoisotopic (exact) mass is 348 g/mol. The summed E-state index contributed by atoms with van der Waals surface area (Å²) in [5.74, 6) is -0.173. The lowest BCUT2D eigenvalue weighted by Gasteiger charge is -2.36. The van der Waals surface area contributed by atoms with Gasteiger partial charge in [-0.3, -0.25) is 4.90 Å². The lowest BCUT2D eigenvalue weighted by Crippen LogP contribution is -2.44. The molecule has 0 radical (unpaired) electrons. The maximum Gasteiger partial charge on any atom is 0.131 e. The van der Waals surface area contributed by atoms with Crippen LogP contribution >= 0.6 is 11.3 Å². The second-order valence-electron chi connectivity index (χ2n) is 6.47. The summed E-state index contributed by atoms with van der Waals surface area (Å²) in [7, 11) is 2.16. The molecule has 0 unspecified atom stereocenters. The molecule has 1 aliphatic rings. The molecule has 0 bridgehead atoms. The first-order valence-corrected chi connectivity index (χ1v) is 9.36. The van der Waals surface area contributed by atoms with E-state index < -0.39 is 0 Å². The zero-order chi connectivity index (χ0) is 16.9. The van der Waals surface area contributed by atoms with E-state index in [-0.39, 0.29) is 12.4 Å². The second-order valence-corrected chi connectivity index (χ2v) is 7.64. The highest BCUT2D eigenvalue weighted by atomic mass is 32.1. The fraction of sp³-hybridized carbons (Fsp3) is 0.474. The molecule has 0 atom stereocenters. The van der Waals surface area contributed by atoms with Crippen LogP contribution in [0.4, 0.5) is 4.39 Å². The van der Waals surface area contributed by atoms with Crippen LogP contribution in [0, 0.1) is 5.82 Å². The molecule has 0 amide bonds. The fourth-order valence-electron chi connectivity index (χ4n) is 3.35. The van der Waals surface area contributed by atoms with Crippen molar-refractivity contribution in [3.05, 3.63) is 47.1 Å². The number of hydrogen-bond donors (Lipinski definition) is 1. The largest absolute Gasteiger partial charge is 0.395 e. The van der Waals surface area contributed by atoms with Gasteiger partial charge in [-0.25, -0.2) is 4.39 Å². The molecule has 1 aliphatic heterocycles. The SMILES string of the molecule is CN1CCC(N(CCO)Cc2ccc(-c3ccccc3F)s2)CC1. The number of piperidine rings is 1. The number of hydrogen-bond acceptors (Lipinski definition) is 4. The van der Waals surface area contributed by atoms with Crippen LogP contribution in [-0.4, -0.2) is 54.2 Å². The minimum Gasteiger partial charge on any atom is -0.395 e. The summed E-state index contributed by atoms with van der Waals surface area (Å²) in [6.45, 7) is 3.92. The van der Waals surface area contributed by atoms with Crippen LogP contribution in [0.1, 0.15) is 17.7 Å². The van der Waals surface area contributed by atoms with Crippen molar-refractivity contribution < 1.29 is 9.50 Å². The maximum absolute atomic E-state index is 14.0. The van der Waals surface area contributed by atoms with E-state index in [9.17, 15) is 9.50 Å². The second kappa shape index (κ2) is 8.21. The van der Waals surface area contributed by atoms with Crippen molar-refractivity contribution in [3.8, 4) is 10.4 Å². The van der Waals surface area contributed by atoms with Crippen molar-refractivity contribution in [2.24, 2.45) is 0 Å². The van der Waals surface area contributed by atoms with Crippen LogP contribution in [0.5, 0.6) is 0 Å². The lowest BCUT2D eigenvalue weighted by molar-refractivity contribution is 0.0950. The highest BCUT2D eigenvalue weighted by molar-refractivity contribution is 7.15. The first kappa shape index (κ1) is 17.5.